The number of hydrogen-bond acceptors (Lipinski definition) is 2. The van der Waals surface area contributed by atoms with Gasteiger partial charge in [0.15, 0.2) is 0 Å². The maximum atomic E-state index is 13.6. The van der Waals surface area contributed by atoms with E-state index in [0.717, 1.165) is 28.8 Å². The minimum absolute atomic E-state index is 0.212. The van der Waals surface area contributed by atoms with E-state index in [1.54, 1.807) is 18.3 Å². The first-order chi connectivity index (χ1) is 12.4. The summed E-state index contributed by atoms with van der Waals surface area (Å²) in [5.74, 6) is -1.30. The number of fused-ring (bicyclic) bond motifs is 1. The van der Waals surface area contributed by atoms with Crippen molar-refractivity contribution < 1.29 is 17.6 Å². The van der Waals surface area contributed by atoms with E-state index in [0.29, 0.717) is 17.8 Å². The van der Waals surface area contributed by atoms with Gasteiger partial charge in [0.1, 0.15) is 5.82 Å². The standard InChI is InChI=1S/C20H12F4N2/c21-18-6-5-13(9-17(18)20(22,23)24)19-16(2-1-7-26-19)12-3-4-14-10-25-11-15(14)8-12/h1-9,11H,10H2. The number of hydrogen-bond donors (Lipinski definition) is 0. The van der Waals surface area contributed by atoms with Crippen LogP contribution in [0.25, 0.3) is 22.4 Å². The predicted molar refractivity (Wildman–Crippen MR) is 91.4 cm³/mol. The summed E-state index contributed by atoms with van der Waals surface area (Å²) in [7, 11) is 0. The van der Waals surface area contributed by atoms with E-state index in [-0.39, 0.29) is 5.56 Å². The number of aliphatic imine (C=N–C) groups is 1. The number of pyridine rings is 1. The predicted octanol–water partition coefficient (Wildman–Crippen LogP) is 5.51. The summed E-state index contributed by atoms with van der Waals surface area (Å²) in [5.41, 5.74) is 2.85. The van der Waals surface area contributed by atoms with Gasteiger partial charge in [0.05, 0.1) is 17.8 Å². The van der Waals surface area contributed by atoms with Gasteiger partial charge in [-0.1, -0.05) is 18.2 Å². The van der Waals surface area contributed by atoms with Crippen LogP contribution in [-0.2, 0) is 12.7 Å². The molecule has 2 heterocycles. The monoisotopic (exact) mass is 356 g/mol. The molecule has 0 fully saturated rings. The molecule has 26 heavy (non-hydrogen) atoms. The molecule has 3 aromatic rings. The van der Waals surface area contributed by atoms with Gasteiger partial charge in [0.2, 0.25) is 0 Å². The van der Waals surface area contributed by atoms with Gasteiger partial charge in [-0.3, -0.25) is 9.98 Å². The average molecular weight is 356 g/mol. The molecule has 2 nitrogen and oxygen atoms in total. The lowest BCUT2D eigenvalue weighted by Gasteiger charge is -2.13. The van der Waals surface area contributed by atoms with E-state index in [1.807, 2.05) is 18.2 Å². The van der Waals surface area contributed by atoms with Gasteiger partial charge in [-0.05, 0) is 47.0 Å². The lowest BCUT2D eigenvalue weighted by molar-refractivity contribution is -0.139. The highest BCUT2D eigenvalue weighted by Gasteiger charge is 2.34. The molecular formula is C20H12F4N2. The fourth-order valence-corrected chi connectivity index (χ4v) is 3.03. The van der Waals surface area contributed by atoms with Crippen LogP contribution in [0.2, 0.25) is 0 Å². The van der Waals surface area contributed by atoms with Crippen molar-refractivity contribution in [3.63, 3.8) is 0 Å². The summed E-state index contributed by atoms with van der Waals surface area (Å²) in [5, 5.41) is 0. The van der Waals surface area contributed by atoms with Crippen LogP contribution in [0.5, 0.6) is 0 Å². The van der Waals surface area contributed by atoms with Gasteiger partial charge in [0.25, 0.3) is 0 Å². The van der Waals surface area contributed by atoms with E-state index in [4.69, 9.17) is 0 Å². The van der Waals surface area contributed by atoms with Gasteiger partial charge < -0.3 is 0 Å². The van der Waals surface area contributed by atoms with Crippen molar-refractivity contribution in [1.82, 2.24) is 4.98 Å². The SMILES string of the molecule is Fc1ccc(-c2ncccc2-c2ccc3c(c2)C=NC3)cc1C(F)(F)F. The third kappa shape index (κ3) is 2.87. The van der Waals surface area contributed by atoms with Crippen LogP contribution in [-0.4, -0.2) is 11.2 Å². The van der Waals surface area contributed by atoms with Crippen molar-refractivity contribution >= 4 is 6.21 Å². The van der Waals surface area contributed by atoms with Crippen molar-refractivity contribution in [2.75, 3.05) is 0 Å². The normalized spacial score (nSPS) is 13.1. The molecule has 1 aromatic heterocycles. The first-order valence-corrected chi connectivity index (χ1v) is 7.89. The number of benzene rings is 2. The Labute approximate surface area is 146 Å². The first kappa shape index (κ1) is 16.4. The van der Waals surface area contributed by atoms with Crippen LogP contribution in [0.15, 0.2) is 59.7 Å². The summed E-state index contributed by atoms with van der Waals surface area (Å²) in [6, 6.07) is 12.2. The number of aromatic nitrogens is 1. The molecule has 1 aliphatic rings. The zero-order valence-electron chi connectivity index (χ0n) is 13.4. The maximum absolute atomic E-state index is 13.6. The van der Waals surface area contributed by atoms with Crippen molar-refractivity contribution in [1.29, 1.82) is 0 Å². The zero-order valence-corrected chi connectivity index (χ0v) is 13.4. The molecular weight excluding hydrogens is 344 g/mol. The Kier molecular flexibility index (Phi) is 3.83. The number of halogens is 4. The average Bonchev–Trinajstić information content (AvgIpc) is 3.09. The second kappa shape index (κ2) is 6.05. The van der Waals surface area contributed by atoms with Crippen LogP contribution in [0.1, 0.15) is 16.7 Å². The van der Waals surface area contributed by atoms with Gasteiger partial charge >= 0.3 is 6.18 Å². The van der Waals surface area contributed by atoms with E-state index >= 15 is 0 Å². The second-order valence-corrected chi connectivity index (χ2v) is 5.98. The molecule has 0 spiro atoms. The summed E-state index contributed by atoms with van der Waals surface area (Å²) in [4.78, 5) is 8.46. The summed E-state index contributed by atoms with van der Waals surface area (Å²) < 4.78 is 52.7. The highest BCUT2D eigenvalue weighted by atomic mass is 19.4. The molecule has 0 amide bonds. The van der Waals surface area contributed by atoms with Crippen molar-refractivity contribution in [2.45, 2.75) is 12.7 Å². The van der Waals surface area contributed by atoms with Crippen LogP contribution in [0, 0.1) is 5.82 Å². The van der Waals surface area contributed by atoms with Crippen LogP contribution < -0.4 is 0 Å². The second-order valence-electron chi connectivity index (χ2n) is 5.98. The Morgan fingerprint density at radius 2 is 1.73 bits per heavy atom. The molecule has 4 rings (SSSR count). The van der Waals surface area contributed by atoms with Gasteiger partial charge in [-0.25, -0.2) is 4.39 Å². The minimum Gasteiger partial charge on any atom is -0.288 e. The van der Waals surface area contributed by atoms with E-state index in [2.05, 4.69) is 9.98 Å². The quantitative estimate of drug-likeness (QED) is 0.556. The Balaban J connectivity index is 1.86. The molecule has 0 N–H and O–H groups in total. The van der Waals surface area contributed by atoms with Crippen molar-refractivity contribution in [3.05, 3.63) is 77.2 Å². The molecule has 0 saturated carbocycles. The molecule has 0 radical (unpaired) electrons. The van der Waals surface area contributed by atoms with Crippen LogP contribution >= 0.6 is 0 Å². The highest BCUT2D eigenvalue weighted by molar-refractivity contribution is 5.89. The zero-order chi connectivity index (χ0) is 18.3. The van der Waals surface area contributed by atoms with Gasteiger partial charge in [-0.2, -0.15) is 13.2 Å². The lowest BCUT2D eigenvalue weighted by atomic mass is 9.96. The fourth-order valence-electron chi connectivity index (χ4n) is 3.03. The molecule has 2 aromatic carbocycles. The third-order valence-electron chi connectivity index (χ3n) is 4.30. The molecule has 0 bridgehead atoms. The van der Waals surface area contributed by atoms with E-state index in [1.165, 1.54) is 12.3 Å². The maximum Gasteiger partial charge on any atom is 0.419 e. The molecule has 0 unspecified atom stereocenters. The molecule has 6 heteroatoms. The highest BCUT2D eigenvalue weighted by Crippen LogP contribution is 2.37. The van der Waals surface area contributed by atoms with Crippen LogP contribution in [0.4, 0.5) is 17.6 Å². The summed E-state index contributed by atoms with van der Waals surface area (Å²) in [6.07, 6.45) is -1.49. The van der Waals surface area contributed by atoms with Crippen molar-refractivity contribution in [3.8, 4) is 22.4 Å². The Morgan fingerprint density at radius 1 is 0.923 bits per heavy atom. The molecule has 0 atom stereocenters. The van der Waals surface area contributed by atoms with E-state index < -0.39 is 17.6 Å². The Bertz CT molecular complexity index is 1020. The Morgan fingerprint density at radius 3 is 2.54 bits per heavy atom. The number of alkyl halides is 3. The molecule has 0 saturated heterocycles. The topological polar surface area (TPSA) is 25.2 Å². The number of nitrogens with zero attached hydrogens (tertiary/aromatic N) is 2. The molecule has 130 valence electrons. The molecule has 0 aliphatic carbocycles. The summed E-state index contributed by atoms with van der Waals surface area (Å²) >= 11 is 0. The number of rotatable bonds is 2. The first-order valence-electron chi connectivity index (χ1n) is 7.89. The van der Waals surface area contributed by atoms with Crippen molar-refractivity contribution in [2.24, 2.45) is 4.99 Å². The van der Waals surface area contributed by atoms with Crippen LogP contribution in [0.3, 0.4) is 0 Å². The van der Waals surface area contributed by atoms with Gasteiger partial charge in [0, 0.05) is 23.5 Å². The smallest absolute Gasteiger partial charge is 0.288 e. The largest absolute Gasteiger partial charge is 0.419 e. The Hall–Kier alpha value is -3.02. The van der Waals surface area contributed by atoms with E-state index in [9.17, 15) is 17.6 Å². The summed E-state index contributed by atoms with van der Waals surface area (Å²) in [6.45, 7) is 0.627. The fraction of sp³-hybridized carbons (Fsp3) is 0.100. The van der Waals surface area contributed by atoms with Gasteiger partial charge in [-0.15, -0.1) is 0 Å². The minimum atomic E-state index is -4.76. The third-order valence-corrected chi connectivity index (χ3v) is 4.30. The molecule has 1 aliphatic heterocycles. The lowest BCUT2D eigenvalue weighted by Crippen LogP contribution is -2.08.